The molecule has 0 amide bonds. The summed E-state index contributed by atoms with van der Waals surface area (Å²) in [5, 5.41) is 1.10. The topological polar surface area (TPSA) is 42.1 Å². The highest BCUT2D eigenvalue weighted by atomic mass is 32.1. The van der Waals surface area contributed by atoms with Crippen LogP contribution in [0.25, 0.3) is 12.2 Å². The van der Waals surface area contributed by atoms with Gasteiger partial charge in [-0.3, -0.25) is 0 Å². The second kappa shape index (κ2) is 8.86. The lowest BCUT2D eigenvalue weighted by atomic mass is 10.00. The van der Waals surface area contributed by atoms with Crippen LogP contribution < -0.4 is 10.6 Å². The molecule has 0 unspecified atom stereocenters. The van der Waals surface area contributed by atoms with Crippen LogP contribution in [0.2, 0.25) is 0 Å². The molecule has 3 nitrogen and oxygen atoms in total. The monoisotopic (exact) mass is 355 g/mol. The van der Waals surface area contributed by atoms with Crippen LogP contribution in [0.1, 0.15) is 44.2 Å². The Hall–Kier alpha value is -2.07. The maximum atomic E-state index is 5.73. The van der Waals surface area contributed by atoms with Gasteiger partial charge in [0.25, 0.3) is 0 Å². The minimum atomic E-state index is 0.776. The third kappa shape index (κ3) is 5.20. The van der Waals surface area contributed by atoms with E-state index in [1.807, 2.05) is 31.2 Å². The van der Waals surface area contributed by atoms with Gasteiger partial charge in [0.1, 0.15) is 0 Å². The van der Waals surface area contributed by atoms with Crippen LogP contribution in [0.5, 0.6) is 0 Å². The van der Waals surface area contributed by atoms with Crippen LogP contribution in [-0.4, -0.2) is 18.1 Å². The zero-order valence-electron chi connectivity index (χ0n) is 15.6. The Bertz CT molecular complexity index is 709. The van der Waals surface area contributed by atoms with Gasteiger partial charge in [0.05, 0.1) is 10.6 Å². The fourth-order valence-corrected chi connectivity index (χ4v) is 3.90. The Morgan fingerprint density at radius 1 is 1.24 bits per heavy atom. The number of rotatable bonds is 6. The van der Waals surface area contributed by atoms with Crippen LogP contribution >= 0.6 is 11.3 Å². The second-order valence-corrected chi connectivity index (χ2v) is 7.69. The van der Waals surface area contributed by atoms with Gasteiger partial charge in [-0.1, -0.05) is 43.6 Å². The van der Waals surface area contributed by atoms with E-state index in [1.54, 1.807) is 11.3 Å². The van der Waals surface area contributed by atoms with Gasteiger partial charge in [0, 0.05) is 18.8 Å². The first-order valence-corrected chi connectivity index (χ1v) is 9.59. The molecule has 1 aliphatic heterocycles. The number of hydrogen-bond donors (Lipinski definition) is 1. The third-order valence-electron chi connectivity index (χ3n) is 4.47. The van der Waals surface area contributed by atoms with E-state index in [0.717, 1.165) is 51.6 Å². The van der Waals surface area contributed by atoms with Crippen LogP contribution in [0.3, 0.4) is 0 Å². The summed E-state index contributed by atoms with van der Waals surface area (Å²) in [5.41, 5.74) is 9.65. The van der Waals surface area contributed by atoms with E-state index in [2.05, 4.69) is 38.0 Å². The summed E-state index contributed by atoms with van der Waals surface area (Å²) < 4.78 is 0. The average Bonchev–Trinajstić information content (AvgIpc) is 2.98. The number of nitrogens with zero attached hydrogens (tertiary/aromatic N) is 2. The Morgan fingerprint density at radius 2 is 1.92 bits per heavy atom. The number of aromatic nitrogens is 1. The van der Waals surface area contributed by atoms with Gasteiger partial charge in [0.2, 0.25) is 0 Å². The van der Waals surface area contributed by atoms with Crippen molar-refractivity contribution in [3.63, 3.8) is 0 Å². The van der Waals surface area contributed by atoms with E-state index in [9.17, 15) is 0 Å². The molecule has 1 aromatic rings. The molecule has 0 atom stereocenters. The first-order chi connectivity index (χ1) is 11.9. The molecule has 2 heterocycles. The summed E-state index contributed by atoms with van der Waals surface area (Å²) in [6.45, 7) is 16.3. The standard InChI is InChI=1S/C21H29N3S/c1-6-18(9-8-17(5)22)16(4)14-20-19(7-2)23-21(25-20)24-12-10-15(3)11-13-24/h6-9,14-15H,1-2,10-13,22H2,3-5H3/b16-14+,17-8+,18-9+. The van der Waals surface area contributed by atoms with Crippen molar-refractivity contribution in [1.82, 2.24) is 4.98 Å². The fourth-order valence-electron chi connectivity index (χ4n) is 2.78. The fraction of sp³-hybridized carbons (Fsp3) is 0.381. The number of nitrogens with two attached hydrogens (primary N) is 1. The van der Waals surface area contributed by atoms with Crippen molar-refractivity contribution in [2.75, 3.05) is 18.0 Å². The van der Waals surface area contributed by atoms with Crippen molar-refractivity contribution in [2.45, 2.75) is 33.6 Å². The Morgan fingerprint density at radius 3 is 2.48 bits per heavy atom. The third-order valence-corrected chi connectivity index (χ3v) is 5.54. The molecule has 2 rings (SSSR count). The summed E-state index contributed by atoms with van der Waals surface area (Å²) in [6, 6.07) is 0. The first-order valence-electron chi connectivity index (χ1n) is 8.78. The average molecular weight is 356 g/mol. The summed E-state index contributed by atoms with van der Waals surface area (Å²) in [5.74, 6) is 0.816. The molecule has 0 radical (unpaired) electrons. The van der Waals surface area contributed by atoms with Gasteiger partial charge < -0.3 is 10.6 Å². The molecule has 25 heavy (non-hydrogen) atoms. The highest BCUT2D eigenvalue weighted by molar-refractivity contribution is 7.16. The van der Waals surface area contributed by atoms with Gasteiger partial charge in [-0.25, -0.2) is 4.98 Å². The molecule has 0 bridgehead atoms. The van der Waals surface area contributed by atoms with Crippen LogP contribution in [-0.2, 0) is 0 Å². The molecule has 0 spiro atoms. The number of anilines is 1. The Labute approximate surface area is 156 Å². The minimum Gasteiger partial charge on any atom is -0.402 e. The highest BCUT2D eigenvalue weighted by Crippen LogP contribution is 2.32. The quantitative estimate of drug-likeness (QED) is 0.695. The number of hydrogen-bond acceptors (Lipinski definition) is 4. The molecule has 2 N–H and O–H groups in total. The van der Waals surface area contributed by atoms with Crippen LogP contribution in [0.15, 0.2) is 48.2 Å². The first kappa shape index (κ1) is 19.3. The molecule has 0 aromatic carbocycles. The summed E-state index contributed by atoms with van der Waals surface area (Å²) in [6.07, 6.45) is 12.2. The predicted molar refractivity (Wildman–Crippen MR) is 113 cm³/mol. The summed E-state index contributed by atoms with van der Waals surface area (Å²) in [7, 11) is 0. The summed E-state index contributed by atoms with van der Waals surface area (Å²) >= 11 is 1.74. The molecule has 0 aliphatic carbocycles. The van der Waals surface area contributed by atoms with Crippen molar-refractivity contribution >= 4 is 28.6 Å². The smallest absolute Gasteiger partial charge is 0.186 e. The van der Waals surface area contributed by atoms with E-state index in [-0.39, 0.29) is 0 Å². The van der Waals surface area contributed by atoms with Gasteiger partial charge in [-0.05, 0) is 62.0 Å². The second-order valence-electron chi connectivity index (χ2n) is 6.68. The molecule has 1 fully saturated rings. The Kier molecular flexibility index (Phi) is 6.82. The normalized spacial score (nSPS) is 17.7. The number of thiazole rings is 1. The zero-order chi connectivity index (χ0) is 18.4. The van der Waals surface area contributed by atoms with E-state index in [0.29, 0.717) is 0 Å². The van der Waals surface area contributed by atoms with Crippen molar-refractivity contribution in [2.24, 2.45) is 11.7 Å². The molecule has 1 saturated heterocycles. The zero-order valence-corrected chi connectivity index (χ0v) is 16.4. The van der Waals surface area contributed by atoms with Crippen molar-refractivity contribution < 1.29 is 0 Å². The molecule has 1 aromatic heterocycles. The number of piperidine rings is 1. The minimum absolute atomic E-state index is 0.776. The van der Waals surface area contributed by atoms with Crippen molar-refractivity contribution in [3.8, 4) is 0 Å². The highest BCUT2D eigenvalue weighted by Gasteiger charge is 2.19. The molecular formula is C21H29N3S. The molecular weight excluding hydrogens is 326 g/mol. The van der Waals surface area contributed by atoms with Crippen molar-refractivity contribution in [1.29, 1.82) is 0 Å². The van der Waals surface area contributed by atoms with E-state index < -0.39 is 0 Å². The lowest BCUT2D eigenvalue weighted by Gasteiger charge is -2.29. The SMILES string of the molecule is C=CC(=C\C=C(/C)N)/C(C)=C/c1sc(N2CCC(C)CC2)nc1C=C. The lowest BCUT2D eigenvalue weighted by Crippen LogP contribution is -2.32. The van der Waals surface area contributed by atoms with Gasteiger partial charge >= 0.3 is 0 Å². The molecule has 0 saturated carbocycles. The number of allylic oxidation sites excluding steroid dienone is 6. The van der Waals surface area contributed by atoms with Gasteiger partial charge in [-0.2, -0.15) is 0 Å². The Balaban J connectivity index is 2.29. The lowest BCUT2D eigenvalue weighted by molar-refractivity contribution is 0.438. The molecule has 134 valence electrons. The van der Waals surface area contributed by atoms with Crippen molar-refractivity contribution in [3.05, 3.63) is 58.8 Å². The molecule has 1 aliphatic rings. The van der Waals surface area contributed by atoms with Gasteiger partial charge in [0.15, 0.2) is 5.13 Å². The predicted octanol–water partition coefficient (Wildman–Crippen LogP) is 5.40. The molecule has 4 heteroatoms. The van der Waals surface area contributed by atoms with Crippen LogP contribution in [0, 0.1) is 5.92 Å². The van der Waals surface area contributed by atoms with E-state index >= 15 is 0 Å². The summed E-state index contributed by atoms with van der Waals surface area (Å²) in [4.78, 5) is 8.33. The van der Waals surface area contributed by atoms with Gasteiger partial charge in [-0.15, -0.1) is 0 Å². The largest absolute Gasteiger partial charge is 0.402 e. The van der Waals surface area contributed by atoms with E-state index in [1.165, 1.54) is 12.8 Å². The van der Waals surface area contributed by atoms with Crippen LogP contribution in [0.4, 0.5) is 5.13 Å². The van der Waals surface area contributed by atoms with E-state index in [4.69, 9.17) is 10.7 Å². The maximum Gasteiger partial charge on any atom is 0.186 e. The maximum absolute atomic E-state index is 5.73.